The van der Waals surface area contributed by atoms with E-state index in [1.807, 2.05) is 6.08 Å². The molecule has 0 unspecified atom stereocenters. The molecule has 1 atom stereocenters. The maximum atomic E-state index is 11.1. The average molecular weight is 152 g/mol. The third-order valence-electron chi connectivity index (χ3n) is 2.26. The number of carbonyl (C=O) groups excluding carboxylic acids is 1. The van der Waals surface area contributed by atoms with E-state index in [1.165, 1.54) is 19.3 Å². The Kier molecular flexibility index (Phi) is 3.34. The van der Waals surface area contributed by atoms with Gasteiger partial charge in [0.15, 0.2) is 5.78 Å². The fraction of sp³-hybridized carbons (Fsp3) is 0.700. The van der Waals surface area contributed by atoms with E-state index in [-0.39, 0.29) is 0 Å². The average Bonchev–Trinajstić information content (AvgIpc) is 2.37. The van der Waals surface area contributed by atoms with Gasteiger partial charge in [-0.1, -0.05) is 32.3 Å². The Balaban J connectivity index is 2.13. The summed E-state index contributed by atoms with van der Waals surface area (Å²) in [5, 5.41) is 0. The fourth-order valence-corrected chi connectivity index (χ4v) is 1.50. The lowest BCUT2D eigenvalue weighted by Gasteiger charge is -2.05. The van der Waals surface area contributed by atoms with Crippen LogP contribution in [0, 0.1) is 5.92 Å². The second-order valence-corrected chi connectivity index (χ2v) is 3.23. The number of allylic oxidation sites excluding steroid dienone is 2. The van der Waals surface area contributed by atoms with E-state index in [2.05, 4.69) is 6.92 Å². The van der Waals surface area contributed by atoms with Gasteiger partial charge in [0.1, 0.15) is 0 Å². The summed E-state index contributed by atoms with van der Waals surface area (Å²) in [6, 6.07) is 0. The van der Waals surface area contributed by atoms with Crippen molar-refractivity contribution in [1.82, 2.24) is 0 Å². The summed E-state index contributed by atoms with van der Waals surface area (Å²) in [4.78, 5) is 11.1. The van der Waals surface area contributed by atoms with Gasteiger partial charge in [-0.3, -0.25) is 4.79 Å². The highest BCUT2D eigenvalue weighted by atomic mass is 16.1. The van der Waals surface area contributed by atoms with E-state index in [0.717, 1.165) is 12.8 Å². The Morgan fingerprint density at radius 1 is 1.55 bits per heavy atom. The molecule has 0 aromatic carbocycles. The third-order valence-corrected chi connectivity index (χ3v) is 2.26. The molecule has 1 nitrogen and oxygen atoms in total. The quantitative estimate of drug-likeness (QED) is 0.566. The molecule has 0 aliphatic heterocycles. The zero-order valence-corrected chi connectivity index (χ0v) is 7.18. The summed E-state index contributed by atoms with van der Waals surface area (Å²) in [7, 11) is 0. The maximum Gasteiger partial charge on any atom is 0.158 e. The molecule has 62 valence electrons. The van der Waals surface area contributed by atoms with E-state index < -0.39 is 0 Å². The van der Waals surface area contributed by atoms with Crippen molar-refractivity contribution in [2.24, 2.45) is 5.92 Å². The first-order valence-electron chi connectivity index (χ1n) is 4.55. The fourth-order valence-electron chi connectivity index (χ4n) is 1.50. The first-order valence-corrected chi connectivity index (χ1v) is 4.55. The van der Waals surface area contributed by atoms with Crippen LogP contribution in [-0.2, 0) is 4.79 Å². The summed E-state index contributed by atoms with van der Waals surface area (Å²) in [6.45, 7) is 2.19. The molecule has 1 rings (SSSR count). The van der Waals surface area contributed by atoms with Gasteiger partial charge in [0, 0.05) is 5.92 Å². The Labute approximate surface area is 68.5 Å². The molecule has 0 saturated heterocycles. The Morgan fingerprint density at radius 3 is 2.91 bits per heavy atom. The highest BCUT2D eigenvalue weighted by Crippen LogP contribution is 2.20. The number of ketones is 1. The van der Waals surface area contributed by atoms with E-state index in [4.69, 9.17) is 0 Å². The third kappa shape index (κ3) is 2.49. The van der Waals surface area contributed by atoms with E-state index in [9.17, 15) is 4.79 Å². The number of carbonyl (C=O) groups is 1. The van der Waals surface area contributed by atoms with Crippen LogP contribution in [0.2, 0.25) is 0 Å². The van der Waals surface area contributed by atoms with Crippen molar-refractivity contribution in [2.75, 3.05) is 0 Å². The van der Waals surface area contributed by atoms with Gasteiger partial charge in [-0.25, -0.2) is 0 Å². The molecule has 0 N–H and O–H groups in total. The van der Waals surface area contributed by atoms with Crippen LogP contribution in [0.15, 0.2) is 12.2 Å². The van der Waals surface area contributed by atoms with Crippen molar-refractivity contribution >= 4 is 5.78 Å². The van der Waals surface area contributed by atoms with Crippen LogP contribution in [0.5, 0.6) is 0 Å². The normalized spacial score (nSPS) is 23.0. The molecule has 0 aromatic rings. The molecule has 0 saturated carbocycles. The molecular formula is C10H16O. The van der Waals surface area contributed by atoms with Gasteiger partial charge < -0.3 is 0 Å². The summed E-state index contributed by atoms with van der Waals surface area (Å²) < 4.78 is 0. The van der Waals surface area contributed by atoms with Crippen LogP contribution in [0.4, 0.5) is 0 Å². The predicted molar refractivity (Wildman–Crippen MR) is 46.4 cm³/mol. The predicted octanol–water partition coefficient (Wildman–Crippen LogP) is 2.71. The molecule has 0 bridgehead atoms. The minimum atomic E-state index is 0.335. The molecule has 1 aliphatic rings. The van der Waals surface area contributed by atoms with Gasteiger partial charge in [0.2, 0.25) is 0 Å². The van der Waals surface area contributed by atoms with Gasteiger partial charge in [-0.15, -0.1) is 0 Å². The largest absolute Gasteiger partial charge is 0.295 e. The highest BCUT2D eigenvalue weighted by Gasteiger charge is 2.17. The number of rotatable bonds is 4. The summed E-state index contributed by atoms with van der Waals surface area (Å²) >= 11 is 0. The zero-order valence-electron chi connectivity index (χ0n) is 7.18. The Hall–Kier alpha value is -0.590. The Bertz CT molecular complexity index is 158. The molecule has 0 aromatic heterocycles. The summed E-state index contributed by atoms with van der Waals surface area (Å²) in [5.74, 6) is 0.683. The maximum absolute atomic E-state index is 11.1. The van der Waals surface area contributed by atoms with Crippen LogP contribution in [0.3, 0.4) is 0 Å². The van der Waals surface area contributed by atoms with Gasteiger partial charge >= 0.3 is 0 Å². The summed E-state index contributed by atoms with van der Waals surface area (Å²) in [5.41, 5.74) is 0. The molecule has 1 heteroatoms. The van der Waals surface area contributed by atoms with E-state index in [1.54, 1.807) is 6.08 Å². The topological polar surface area (TPSA) is 17.1 Å². The van der Waals surface area contributed by atoms with Crippen LogP contribution < -0.4 is 0 Å². The number of hydrogen-bond donors (Lipinski definition) is 0. The smallest absolute Gasteiger partial charge is 0.158 e. The minimum absolute atomic E-state index is 0.335. The monoisotopic (exact) mass is 152 g/mol. The van der Waals surface area contributed by atoms with Crippen molar-refractivity contribution in [3.8, 4) is 0 Å². The molecular weight excluding hydrogens is 136 g/mol. The molecule has 0 spiro atoms. The lowest BCUT2D eigenvalue weighted by Crippen LogP contribution is -2.05. The van der Waals surface area contributed by atoms with Gasteiger partial charge in [0.05, 0.1) is 0 Å². The van der Waals surface area contributed by atoms with Gasteiger partial charge in [-0.2, -0.15) is 0 Å². The second-order valence-electron chi connectivity index (χ2n) is 3.23. The molecule has 0 amide bonds. The van der Waals surface area contributed by atoms with Gasteiger partial charge in [-0.05, 0) is 18.9 Å². The standard InChI is InChI=1S/C10H16O/c1-2-3-4-6-9-7-5-8-10(9)11/h5,8-9H,2-4,6-7H2,1H3/t9-/m0/s1. The second kappa shape index (κ2) is 4.32. The lowest BCUT2D eigenvalue weighted by atomic mass is 9.98. The molecule has 0 fully saturated rings. The van der Waals surface area contributed by atoms with Crippen LogP contribution in [-0.4, -0.2) is 5.78 Å². The number of unbranched alkanes of at least 4 members (excludes halogenated alkanes) is 2. The molecule has 0 heterocycles. The minimum Gasteiger partial charge on any atom is -0.295 e. The van der Waals surface area contributed by atoms with Gasteiger partial charge in [0.25, 0.3) is 0 Å². The molecule has 11 heavy (non-hydrogen) atoms. The lowest BCUT2D eigenvalue weighted by molar-refractivity contribution is -0.117. The number of hydrogen-bond acceptors (Lipinski definition) is 1. The van der Waals surface area contributed by atoms with Crippen LogP contribution in [0.25, 0.3) is 0 Å². The molecule has 0 radical (unpaired) electrons. The first-order chi connectivity index (χ1) is 5.34. The zero-order chi connectivity index (χ0) is 8.10. The molecule has 1 aliphatic carbocycles. The van der Waals surface area contributed by atoms with Crippen LogP contribution >= 0.6 is 0 Å². The van der Waals surface area contributed by atoms with Crippen molar-refractivity contribution in [3.05, 3.63) is 12.2 Å². The van der Waals surface area contributed by atoms with Crippen LogP contribution in [0.1, 0.15) is 39.0 Å². The summed E-state index contributed by atoms with van der Waals surface area (Å²) in [6.07, 6.45) is 9.55. The Morgan fingerprint density at radius 2 is 2.36 bits per heavy atom. The highest BCUT2D eigenvalue weighted by molar-refractivity contribution is 5.93. The van der Waals surface area contributed by atoms with E-state index in [0.29, 0.717) is 11.7 Å². The van der Waals surface area contributed by atoms with E-state index >= 15 is 0 Å². The SMILES string of the molecule is CCCCC[C@H]1CC=CC1=O. The van der Waals surface area contributed by atoms with Crippen molar-refractivity contribution in [1.29, 1.82) is 0 Å². The van der Waals surface area contributed by atoms with Crippen molar-refractivity contribution < 1.29 is 4.79 Å². The first kappa shape index (κ1) is 8.51. The van der Waals surface area contributed by atoms with Crippen molar-refractivity contribution in [3.63, 3.8) is 0 Å². The van der Waals surface area contributed by atoms with Crippen molar-refractivity contribution in [2.45, 2.75) is 39.0 Å².